The van der Waals surface area contributed by atoms with Crippen molar-refractivity contribution in [2.24, 2.45) is 0 Å². The van der Waals surface area contributed by atoms with Gasteiger partial charge >= 0.3 is 0 Å². The van der Waals surface area contributed by atoms with Gasteiger partial charge in [-0.1, -0.05) is 6.07 Å². The summed E-state index contributed by atoms with van der Waals surface area (Å²) < 4.78 is 10.0. The minimum Gasteiger partial charge on any atom is -0.383 e. The van der Waals surface area contributed by atoms with Crippen molar-refractivity contribution < 1.29 is 19.2 Å². The molecule has 1 N–H and O–H groups in total. The Morgan fingerprint density at radius 2 is 2.00 bits per heavy atom. The summed E-state index contributed by atoms with van der Waals surface area (Å²) >= 11 is 0. The van der Waals surface area contributed by atoms with Gasteiger partial charge in [-0.15, -0.1) is 0 Å². The van der Waals surface area contributed by atoms with E-state index in [0.29, 0.717) is 26.3 Å². The van der Waals surface area contributed by atoms with E-state index >= 15 is 0 Å². The van der Waals surface area contributed by atoms with Gasteiger partial charge in [-0.2, -0.15) is 5.26 Å². The van der Waals surface area contributed by atoms with E-state index in [0.717, 1.165) is 0 Å². The zero-order chi connectivity index (χ0) is 18.7. The number of non-ortho nitro benzene ring substituents is 1. The molecule has 0 heterocycles. The largest absolute Gasteiger partial charge is 0.383 e. The maximum absolute atomic E-state index is 12.2. The first-order chi connectivity index (χ1) is 12.0. The normalized spacial score (nSPS) is 10.8. The van der Waals surface area contributed by atoms with Gasteiger partial charge in [0.2, 0.25) is 0 Å². The van der Waals surface area contributed by atoms with Gasteiger partial charge in [0.25, 0.3) is 11.6 Å². The minimum absolute atomic E-state index is 0.126. The van der Waals surface area contributed by atoms with Crippen molar-refractivity contribution in [2.75, 3.05) is 45.8 Å². The van der Waals surface area contributed by atoms with Crippen molar-refractivity contribution >= 4 is 17.3 Å². The first-order valence-corrected chi connectivity index (χ1v) is 7.41. The van der Waals surface area contributed by atoms with Gasteiger partial charge in [0.1, 0.15) is 11.6 Å². The lowest BCUT2D eigenvalue weighted by Gasteiger charge is -2.20. The van der Waals surface area contributed by atoms with E-state index in [4.69, 9.17) is 9.47 Å². The van der Waals surface area contributed by atoms with E-state index in [2.05, 4.69) is 5.32 Å². The predicted octanol–water partition coefficient (Wildman–Crippen LogP) is 1.54. The van der Waals surface area contributed by atoms with Gasteiger partial charge in [0.05, 0.1) is 18.1 Å². The number of rotatable bonds is 10. The molecule has 1 aromatic rings. The molecule has 1 rings (SSSR count). The highest BCUT2D eigenvalue weighted by Crippen LogP contribution is 2.17. The summed E-state index contributed by atoms with van der Waals surface area (Å²) in [5, 5.41) is 22.5. The summed E-state index contributed by atoms with van der Waals surface area (Å²) in [6.07, 6.45) is 1.42. The average Bonchev–Trinajstić information content (AvgIpc) is 2.61. The molecule has 134 valence electrons. The van der Waals surface area contributed by atoms with Crippen LogP contribution in [0, 0.1) is 21.4 Å². The monoisotopic (exact) mass is 348 g/mol. The molecule has 1 amide bonds. The van der Waals surface area contributed by atoms with Crippen molar-refractivity contribution in [1.82, 2.24) is 4.90 Å². The van der Waals surface area contributed by atoms with Crippen molar-refractivity contribution in [3.05, 3.63) is 46.2 Å². The topological polar surface area (TPSA) is 118 Å². The Morgan fingerprint density at radius 3 is 2.52 bits per heavy atom. The molecule has 0 unspecified atom stereocenters. The van der Waals surface area contributed by atoms with Crippen LogP contribution in [0.4, 0.5) is 11.4 Å². The lowest BCUT2D eigenvalue weighted by Crippen LogP contribution is -2.27. The molecule has 0 saturated carbocycles. The number of hydrogen-bond acceptors (Lipinski definition) is 7. The Morgan fingerprint density at radius 1 is 1.36 bits per heavy atom. The molecule has 0 atom stereocenters. The molecular formula is C16H20N4O5. The van der Waals surface area contributed by atoms with Crippen molar-refractivity contribution in [1.29, 1.82) is 5.26 Å². The molecule has 0 aliphatic rings. The lowest BCUT2D eigenvalue weighted by molar-refractivity contribution is -0.384. The van der Waals surface area contributed by atoms with Gasteiger partial charge in [0.15, 0.2) is 0 Å². The Hall–Kier alpha value is -2.96. The summed E-state index contributed by atoms with van der Waals surface area (Å²) in [6, 6.07) is 7.33. The maximum atomic E-state index is 12.2. The molecule has 0 aromatic heterocycles. The summed E-state index contributed by atoms with van der Waals surface area (Å²) in [5.41, 5.74) is -0.0403. The van der Waals surface area contributed by atoms with Crippen LogP contribution in [0.2, 0.25) is 0 Å². The summed E-state index contributed by atoms with van der Waals surface area (Å²) in [4.78, 5) is 24.2. The maximum Gasteiger partial charge on any atom is 0.271 e. The van der Waals surface area contributed by atoms with E-state index in [1.165, 1.54) is 30.5 Å². The zero-order valence-electron chi connectivity index (χ0n) is 14.1. The fourth-order valence-corrected chi connectivity index (χ4v) is 1.87. The van der Waals surface area contributed by atoms with Crippen LogP contribution in [0.3, 0.4) is 0 Å². The number of nitro benzene ring substituents is 1. The Balaban J connectivity index is 2.88. The molecule has 0 aliphatic carbocycles. The Bertz CT molecular complexity index is 661. The molecule has 0 saturated heterocycles. The van der Waals surface area contributed by atoms with Gasteiger partial charge in [0, 0.05) is 51.3 Å². The number of nitriles is 1. The average molecular weight is 348 g/mol. The molecule has 9 heteroatoms. The van der Waals surface area contributed by atoms with Gasteiger partial charge in [-0.3, -0.25) is 14.9 Å². The number of nitro groups is 1. The second-order valence-electron chi connectivity index (χ2n) is 4.94. The molecule has 0 spiro atoms. The molecular weight excluding hydrogens is 328 g/mol. The lowest BCUT2D eigenvalue weighted by atomic mass is 10.2. The van der Waals surface area contributed by atoms with Crippen LogP contribution >= 0.6 is 0 Å². The van der Waals surface area contributed by atoms with Gasteiger partial charge in [-0.25, -0.2) is 0 Å². The number of nitrogens with one attached hydrogen (secondary N) is 1. The number of carbonyl (C=O) groups is 1. The first kappa shape index (κ1) is 20.1. The molecule has 0 radical (unpaired) electrons. The number of amides is 1. The highest BCUT2D eigenvalue weighted by atomic mass is 16.6. The Labute approximate surface area is 145 Å². The third kappa shape index (κ3) is 6.99. The Kier molecular flexibility index (Phi) is 8.63. The number of benzene rings is 1. The van der Waals surface area contributed by atoms with E-state index in [1.54, 1.807) is 19.1 Å². The van der Waals surface area contributed by atoms with Crippen LogP contribution in [-0.4, -0.2) is 56.3 Å². The second-order valence-corrected chi connectivity index (χ2v) is 4.94. The smallest absolute Gasteiger partial charge is 0.271 e. The summed E-state index contributed by atoms with van der Waals surface area (Å²) in [7, 11) is 3.11. The van der Waals surface area contributed by atoms with Crippen LogP contribution in [0.25, 0.3) is 0 Å². The van der Waals surface area contributed by atoms with Crippen molar-refractivity contribution in [3.8, 4) is 6.07 Å². The predicted molar refractivity (Wildman–Crippen MR) is 90.7 cm³/mol. The third-order valence-electron chi connectivity index (χ3n) is 3.16. The zero-order valence-corrected chi connectivity index (χ0v) is 14.1. The number of hydrogen-bond donors (Lipinski definition) is 1. The molecule has 0 aliphatic heterocycles. The second kappa shape index (κ2) is 10.7. The van der Waals surface area contributed by atoms with Crippen LogP contribution in [-0.2, 0) is 14.3 Å². The van der Waals surface area contributed by atoms with E-state index in [1.807, 2.05) is 6.07 Å². The molecule has 9 nitrogen and oxygen atoms in total. The molecule has 25 heavy (non-hydrogen) atoms. The number of nitrogens with zero attached hydrogens (tertiary/aromatic N) is 3. The highest BCUT2D eigenvalue weighted by Gasteiger charge is 2.13. The quantitative estimate of drug-likeness (QED) is 0.295. The van der Waals surface area contributed by atoms with Crippen LogP contribution in [0.15, 0.2) is 36.0 Å². The van der Waals surface area contributed by atoms with E-state index in [9.17, 15) is 20.2 Å². The third-order valence-corrected chi connectivity index (χ3v) is 3.16. The minimum atomic E-state index is -0.650. The van der Waals surface area contributed by atoms with Crippen LogP contribution in [0.5, 0.6) is 0 Å². The number of carbonyl (C=O) groups excluding carboxylic acids is 1. The van der Waals surface area contributed by atoms with Gasteiger partial charge in [-0.05, 0) is 6.07 Å². The van der Waals surface area contributed by atoms with Crippen molar-refractivity contribution in [3.63, 3.8) is 0 Å². The summed E-state index contributed by atoms with van der Waals surface area (Å²) in [6.45, 7) is 1.81. The highest BCUT2D eigenvalue weighted by molar-refractivity contribution is 6.06. The van der Waals surface area contributed by atoms with Crippen molar-refractivity contribution in [2.45, 2.75) is 0 Å². The van der Waals surface area contributed by atoms with Crippen LogP contribution < -0.4 is 5.32 Å². The molecule has 0 bridgehead atoms. The SMILES string of the molecule is COCCN(/C=C(/C#N)C(=O)Nc1cccc([N+](=O)[O-])c1)CCOC. The number of anilines is 1. The van der Waals surface area contributed by atoms with E-state index < -0.39 is 10.8 Å². The molecule has 0 fully saturated rings. The summed E-state index contributed by atoms with van der Waals surface area (Å²) in [5.74, 6) is -0.650. The van der Waals surface area contributed by atoms with Crippen LogP contribution in [0.1, 0.15) is 0 Å². The first-order valence-electron chi connectivity index (χ1n) is 7.41. The standard InChI is InChI=1S/C16H20N4O5/c1-24-8-6-19(7-9-25-2)12-13(11-17)16(21)18-14-4-3-5-15(10-14)20(22)23/h3-5,10,12H,6-9H2,1-2H3,(H,18,21)/b13-12-. The van der Waals surface area contributed by atoms with E-state index in [-0.39, 0.29) is 16.9 Å². The number of methoxy groups -OCH3 is 2. The fourth-order valence-electron chi connectivity index (χ4n) is 1.87. The molecule has 1 aromatic carbocycles. The fraction of sp³-hybridized carbons (Fsp3) is 0.375. The van der Waals surface area contributed by atoms with Gasteiger partial charge < -0.3 is 19.7 Å². The number of ether oxygens (including phenoxy) is 2.